The van der Waals surface area contributed by atoms with Gasteiger partial charge in [-0.3, -0.25) is 14.7 Å². The number of nitrogens with zero attached hydrogens (tertiary/aromatic N) is 3. The van der Waals surface area contributed by atoms with Crippen LogP contribution in [0.5, 0.6) is 0 Å². The highest BCUT2D eigenvalue weighted by atomic mass is 16.1. The van der Waals surface area contributed by atoms with Crippen LogP contribution in [0.25, 0.3) is 0 Å². The molecule has 1 amide bonds. The second-order valence-corrected chi connectivity index (χ2v) is 3.68. The van der Waals surface area contributed by atoms with Gasteiger partial charge in [-0.1, -0.05) is 0 Å². The van der Waals surface area contributed by atoms with Crippen molar-refractivity contribution >= 4 is 12.1 Å². The molecule has 3 rings (SSSR count). The van der Waals surface area contributed by atoms with Gasteiger partial charge in [-0.2, -0.15) is 0 Å². The Labute approximate surface area is 92.5 Å². The zero-order chi connectivity index (χ0) is 11.1. The molecule has 0 bridgehead atoms. The zero-order valence-corrected chi connectivity index (χ0v) is 8.50. The largest absolute Gasteiger partial charge is 0.366 e. The Bertz CT molecular complexity index is 510. The molecule has 0 aromatic heterocycles. The van der Waals surface area contributed by atoms with Gasteiger partial charge in [0.1, 0.15) is 5.82 Å². The van der Waals surface area contributed by atoms with Crippen molar-refractivity contribution in [2.24, 2.45) is 10.7 Å². The number of aliphatic imine (C=N–C) groups is 1. The van der Waals surface area contributed by atoms with Crippen LogP contribution in [-0.2, 0) is 4.79 Å². The van der Waals surface area contributed by atoms with Crippen molar-refractivity contribution in [1.29, 1.82) is 0 Å². The normalized spacial score (nSPS) is 21.1. The van der Waals surface area contributed by atoms with Crippen LogP contribution in [0.3, 0.4) is 0 Å². The van der Waals surface area contributed by atoms with Crippen LogP contribution in [0.2, 0.25) is 0 Å². The summed E-state index contributed by atoms with van der Waals surface area (Å²) in [5, 5.41) is 0. The molecule has 5 nitrogen and oxygen atoms in total. The van der Waals surface area contributed by atoms with E-state index in [9.17, 15) is 4.79 Å². The molecule has 5 heteroatoms. The minimum absolute atomic E-state index is 0.423. The highest BCUT2D eigenvalue weighted by Crippen LogP contribution is 2.31. The summed E-state index contributed by atoms with van der Waals surface area (Å²) in [7, 11) is 0. The molecular formula is C11H10N4O. The van der Waals surface area contributed by atoms with Crippen molar-refractivity contribution in [3.63, 3.8) is 0 Å². The predicted octanol–water partition coefficient (Wildman–Crippen LogP) is 0.268. The quantitative estimate of drug-likeness (QED) is 0.681. The Kier molecular flexibility index (Phi) is 1.73. The Morgan fingerprint density at radius 2 is 2.25 bits per heavy atom. The molecule has 80 valence electrons. The number of carbonyl (C=O) groups is 1. The smallest absolute Gasteiger partial charge is 0.250 e. The summed E-state index contributed by atoms with van der Waals surface area (Å²) >= 11 is 0. The van der Waals surface area contributed by atoms with Crippen LogP contribution in [-0.4, -0.2) is 28.5 Å². The highest BCUT2D eigenvalue weighted by molar-refractivity contribution is 5.95. The summed E-state index contributed by atoms with van der Waals surface area (Å²) in [4.78, 5) is 19.2. The van der Waals surface area contributed by atoms with Gasteiger partial charge in [0.25, 0.3) is 0 Å². The first-order valence-electron chi connectivity index (χ1n) is 4.95. The molecule has 0 radical (unpaired) electrons. The van der Waals surface area contributed by atoms with E-state index in [-0.39, 0.29) is 0 Å². The molecule has 2 N–H and O–H groups in total. The molecule has 0 spiro atoms. The number of primary amides is 1. The number of allylic oxidation sites excluding steroid dienone is 1. The third-order valence-corrected chi connectivity index (χ3v) is 2.67. The van der Waals surface area contributed by atoms with Crippen LogP contribution in [0.1, 0.15) is 0 Å². The lowest BCUT2D eigenvalue weighted by Gasteiger charge is -2.25. The maximum absolute atomic E-state index is 11.1. The standard InChI is InChI=1S/C11H10N4O/c12-11(16)8-1-2-9-7-14-4-3-13-5-10(14)15(9)6-8/h1-3,5-7H,4H2,(H2,12,16). The van der Waals surface area contributed by atoms with E-state index in [4.69, 9.17) is 5.73 Å². The van der Waals surface area contributed by atoms with E-state index in [1.165, 1.54) is 0 Å². The predicted molar refractivity (Wildman–Crippen MR) is 59.6 cm³/mol. The van der Waals surface area contributed by atoms with Crippen LogP contribution < -0.4 is 5.73 Å². The fourth-order valence-corrected chi connectivity index (χ4v) is 1.86. The van der Waals surface area contributed by atoms with E-state index in [2.05, 4.69) is 9.89 Å². The summed E-state index contributed by atoms with van der Waals surface area (Å²) in [6, 6.07) is 0. The Morgan fingerprint density at radius 3 is 3.06 bits per heavy atom. The molecule has 0 aromatic rings. The first-order valence-corrected chi connectivity index (χ1v) is 4.95. The molecule has 3 heterocycles. The number of rotatable bonds is 1. The molecule has 3 aliphatic rings. The van der Waals surface area contributed by atoms with E-state index >= 15 is 0 Å². The maximum atomic E-state index is 11.1. The van der Waals surface area contributed by atoms with Gasteiger partial charge in [-0.15, -0.1) is 0 Å². The minimum Gasteiger partial charge on any atom is -0.366 e. The molecule has 3 aliphatic heterocycles. The summed E-state index contributed by atoms with van der Waals surface area (Å²) in [6.07, 6.45) is 11.0. The Morgan fingerprint density at radius 1 is 1.38 bits per heavy atom. The highest BCUT2D eigenvalue weighted by Gasteiger charge is 2.27. The zero-order valence-electron chi connectivity index (χ0n) is 8.50. The Balaban J connectivity index is 2.02. The van der Waals surface area contributed by atoms with Crippen molar-refractivity contribution in [2.75, 3.05) is 6.54 Å². The topological polar surface area (TPSA) is 61.9 Å². The van der Waals surface area contributed by atoms with Crippen molar-refractivity contribution in [3.8, 4) is 0 Å². The van der Waals surface area contributed by atoms with E-state index in [0.29, 0.717) is 5.57 Å². The summed E-state index contributed by atoms with van der Waals surface area (Å²) in [5.41, 5.74) is 6.76. The van der Waals surface area contributed by atoms with Crippen molar-refractivity contribution < 1.29 is 4.79 Å². The molecule has 0 aliphatic carbocycles. The van der Waals surface area contributed by atoms with Crippen molar-refractivity contribution in [1.82, 2.24) is 9.80 Å². The van der Waals surface area contributed by atoms with Gasteiger partial charge in [0.15, 0.2) is 0 Å². The third kappa shape index (κ3) is 1.18. The number of amides is 1. The molecule has 0 fully saturated rings. The average molecular weight is 214 g/mol. The summed E-state index contributed by atoms with van der Waals surface area (Å²) in [6.45, 7) is 0.749. The van der Waals surface area contributed by atoms with Gasteiger partial charge in [-0.05, 0) is 12.2 Å². The van der Waals surface area contributed by atoms with Crippen molar-refractivity contribution in [2.45, 2.75) is 0 Å². The number of carbonyl (C=O) groups excluding carboxylic acids is 1. The average Bonchev–Trinajstić information content (AvgIpc) is 2.66. The lowest BCUT2D eigenvalue weighted by molar-refractivity contribution is -0.114. The summed E-state index contributed by atoms with van der Waals surface area (Å²) < 4.78 is 0. The number of fused-ring (bicyclic) bond motifs is 3. The molecule has 0 saturated carbocycles. The molecule has 0 atom stereocenters. The monoisotopic (exact) mass is 214 g/mol. The number of hydrogen-bond donors (Lipinski definition) is 1. The lowest BCUT2D eigenvalue weighted by Crippen LogP contribution is -2.26. The summed E-state index contributed by atoms with van der Waals surface area (Å²) in [5.74, 6) is 0.522. The number of nitrogens with two attached hydrogens (primary N) is 1. The molecule has 0 unspecified atom stereocenters. The van der Waals surface area contributed by atoms with Crippen LogP contribution in [0.4, 0.5) is 0 Å². The van der Waals surface area contributed by atoms with Gasteiger partial charge in [0, 0.05) is 18.6 Å². The fraction of sp³-hybridized carbons (Fsp3) is 0.0909. The van der Waals surface area contributed by atoms with Crippen LogP contribution in [0, 0.1) is 0 Å². The molecule has 16 heavy (non-hydrogen) atoms. The van der Waals surface area contributed by atoms with E-state index in [0.717, 1.165) is 18.1 Å². The van der Waals surface area contributed by atoms with Gasteiger partial charge in [0.2, 0.25) is 5.91 Å². The lowest BCUT2D eigenvalue weighted by atomic mass is 10.2. The fourth-order valence-electron chi connectivity index (χ4n) is 1.86. The molecule has 0 aromatic carbocycles. The Hall–Kier alpha value is -2.30. The maximum Gasteiger partial charge on any atom is 0.250 e. The molecular weight excluding hydrogens is 204 g/mol. The van der Waals surface area contributed by atoms with E-state index in [1.807, 2.05) is 23.4 Å². The minimum atomic E-state index is -0.423. The number of hydrogen-bond acceptors (Lipinski definition) is 4. The van der Waals surface area contributed by atoms with E-state index < -0.39 is 5.91 Å². The van der Waals surface area contributed by atoms with Gasteiger partial charge >= 0.3 is 0 Å². The second-order valence-electron chi connectivity index (χ2n) is 3.68. The van der Waals surface area contributed by atoms with E-state index in [1.54, 1.807) is 18.5 Å². The molecule has 0 saturated heterocycles. The van der Waals surface area contributed by atoms with Crippen molar-refractivity contribution in [3.05, 3.63) is 47.8 Å². The van der Waals surface area contributed by atoms with Crippen LogP contribution in [0.15, 0.2) is 52.8 Å². The second kappa shape index (κ2) is 3.10. The SMILES string of the molecule is NC(=O)C1=CN2C(=CN3CC=NC=C32)C=C1. The first kappa shape index (κ1) is 8.96. The van der Waals surface area contributed by atoms with Gasteiger partial charge < -0.3 is 10.6 Å². The van der Waals surface area contributed by atoms with Gasteiger partial charge in [0.05, 0.1) is 24.0 Å². The first-order chi connectivity index (χ1) is 7.75. The van der Waals surface area contributed by atoms with Gasteiger partial charge in [-0.25, -0.2) is 0 Å². The third-order valence-electron chi connectivity index (χ3n) is 2.67. The van der Waals surface area contributed by atoms with Crippen LogP contribution >= 0.6 is 0 Å².